The number of carboxylic acid groups (broad SMARTS) is 4. The van der Waals surface area contributed by atoms with Crippen LogP contribution in [0.4, 0.5) is 0 Å². The van der Waals surface area contributed by atoms with Crippen LogP contribution in [-0.2, 0) is 76.7 Å². The number of nitrogens with two attached hydrogens (primary N) is 10. The normalized spacial score (nSPS) is 14.5. The van der Waals surface area contributed by atoms with Crippen molar-refractivity contribution < 1.29 is 102 Å². The van der Waals surface area contributed by atoms with Gasteiger partial charge in [0.15, 0.2) is 23.9 Å². The van der Waals surface area contributed by atoms with Gasteiger partial charge >= 0.3 is 23.9 Å². The maximum atomic E-state index is 14.6. The van der Waals surface area contributed by atoms with Crippen molar-refractivity contribution in [3.63, 3.8) is 0 Å². The average Bonchev–Trinajstić information content (AvgIpc) is 0.864. The van der Waals surface area contributed by atoms with E-state index < -0.39 is 212 Å². The van der Waals surface area contributed by atoms with Crippen LogP contribution >= 0.6 is 0 Å². The van der Waals surface area contributed by atoms with Gasteiger partial charge in [-0.25, -0.2) is 4.79 Å². The van der Waals surface area contributed by atoms with Crippen molar-refractivity contribution in [2.75, 3.05) is 45.8 Å². The van der Waals surface area contributed by atoms with Crippen LogP contribution < -0.4 is 121 Å². The first kappa shape index (κ1) is 98.1. The van der Waals surface area contributed by atoms with Crippen LogP contribution in [0, 0.1) is 0 Å². The Bertz CT molecular complexity index is 3100. The number of nitrogens with zero attached hydrogens (tertiary/aromatic N) is 3. The van der Waals surface area contributed by atoms with Gasteiger partial charge < -0.3 is 147 Å². The fourth-order valence-electron chi connectivity index (χ4n) is 9.99. The average molecular weight is 1560 g/mol. The molecule has 0 radical (unpaired) electrons. The number of unbranched alkanes of at least 4 members (excludes halogenated alkanes) is 3. The lowest BCUT2D eigenvalue weighted by Gasteiger charge is -2.28. The number of hydrogen-bond acceptors (Lipinski definition) is 24. The van der Waals surface area contributed by atoms with Crippen LogP contribution in [0.1, 0.15) is 156 Å². The zero-order valence-corrected chi connectivity index (χ0v) is 61.7. The van der Waals surface area contributed by atoms with Crippen LogP contribution in [0.3, 0.4) is 0 Å². The lowest BCUT2D eigenvalue weighted by molar-refractivity contribution is -0.145. The highest BCUT2D eigenvalue weighted by Gasteiger charge is 2.37. The van der Waals surface area contributed by atoms with Crippen molar-refractivity contribution in [3.8, 4) is 0 Å². The molecule has 0 heterocycles. The molecule has 13 atom stereocenters. The third-order valence-corrected chi connectivity index (χ3v) is 16.0. The Balaban J connectivity index is 6.96. The number of aliphatic imine (C=N–C) groups is 3. The van der Waals surface area contributed by atoms with E-state index in [-0.39, 0.29) is 141 Å². The second-order valence-corrected chi connectivity index (χ2v) is 25.4. The van der Waals surface area contributed by atoms with Crippen molar-refractivity contribution in [2.45, 2.75) is 234 Å². The van der Waals surface area contributed by atoms with Crippen LogP contribution in [-0.4, -0.2) is 263 Å². The van der Waals surface area contributed by atoms with Crippen LogP contribution in [0.2, 0.25) is 0 Å². The number of rotatable bonds is 59. The molecule has 0 rings (SSSR count). The third-order valence-electron chi connectivity index (χ3n) is 16.0. The molecule has 109 heavy (non-hydrogen) atoms. The van der Waals surface area contributed by atoms with E-state index in [1.165, 1.54) is 6.92 Å². The summed E-state index contributed by atoms with van der Waals surface area (Å²) in [6, 6.07) is -18.5. The van der Waals surface area contributed by atoms with Crippen LogP contribution in [0.25, 0.3) is 0 Å². The van der Waals surface area contributed by atoms with E-state index >= 15 is 0 Å². The molecule has 0 aromatic rings. The summed E-state index contributed by atoms with van der Waals surface area (Å²) in [5.74, 6) is -18.6. The number of aliphatic carboxylic acids is 4. The molecule has 618 valence electrons. The van der Waals surface area contributed by atoms with Gasteiger partial charge in [0.25, 0.3) is 0 Å². The number of aliphatic hydroxyl groups excluding tert-OH is 1. The Labute approximate surface area is 629 Å². The zero-order chi connectivity index (χ0) is 82.9. The predicted molar refractivity (Wildman–Crippen MR) is 392 cm³/mol. The predicted octanol–water partition coefficient (Wildman–Crippen LogP) is -10.6. The molecule has 0 aliphatic carbocycles. The summed E-state index contributed by atoms with van der Waals surface area (Å²) in [6.45, 7) is 2.95. The van der Waals surface area contributed by atoms with Crippen molar-refractivity contribution in [3.05, 3.63) is 0 Å². The second kappa shape index (κ2) is 54.7. The number of hydrogen-bond donors (Lipinski definition) is 27. The summed E-state index contributed by atoms with van der Waals surface area (Å²) in [5.41, 5.74) is 56.2. The lowest BCUT2D eigenvalue weighted by atomic mass is 10.0. The molecule has 46 heteroatoms. The standard InChI is InChI=1S/C63H115N25O21/c1-32(78-50(98)33(2)79-52(100)42(20-23-46(93)94)87-58(106)43(21-24-47(95)96)81-51(99)35(67)19-22-45(91)92)49(97)77-31-44(90)80-36(16-10-28-74-61(68)69)53(101)82-37(13-4-7-25-64)55(103)85-40(17-11-29-75-62(70)71)57(105)84-38(14-5-8-26-65)54(102)83-39(15-6-9-27-66)56(104)86-41(18-12-30-76-63(72)73)59(107)88-48(34(3)89)60(108)109/h32-43,48,89H,4-31,64-67H2,1-3H3,(H,77,97)(H,78,98)(H,79,100)(H,80,90)(H,81,99)(H,82,101)(H,83,102)(H,84,105)(H,85,103)(H,86,104)(H,87,106)(H,88,107)(H,91,92)(H,93,94)(H,95,96)(H,108,109)(H4,68,69,74)(H4,70,71,75)(H4,72,73,76)/t32-,33-,34+,35-,36-,37-,38-,39-,40-,41-,42-,43-,48-/m0/s1. The number of carbonyl (C=O) groups is 16. The van der Waals surface area contributed by atoms with Crippen molar-refractivity contribution in [1.29, 1.82) is 0 Å². The highest BCUT2D eigenvalue weighted by molar-refractivity contribution is 5.99. The van der Waals surface area contributed by atoms with Crippen molar-refractivity contribution in [1.82, 2.24) is 63.8 Å². The summed E-state index contributed by atoms with van der Waals surface area (Å²) < 4.78 is 0. The summed E-state index contributed by atoms with van der Waals surface area (Å²) in [5, 5.41) is 76.4. The number of carbonyl (C=O) groups excluding carboxylic acids is 12. The van der Waals surface area contributed by atoms with Gasteiger partial charge in [0.1, 0.15) is 60.4 Å². The molecule has 0 aromatic carbocycles. The number of aliphatic hydroxyl groups is 1. The molecule has 0 aromatic heterocycles. The van der Waals surface area contributed by atoms with Gasteiger partial charge in [0, 0.05) is 38.9 Å². The number of guanidine groups is 3. The molecule has 0 spiro atoms. The van der Waals surface area contributed by atoms with Gasteiger partial charge in [-0.1, -0.05) is 0 Å². The topological polar surface area (TPSA) is 816 Å². The van der Waals surface area contributed by atoms with E-state index in [4.69, 9.17) is 62.4 Å². The summed E-state index contributed by atoms with van der Waals surface area (Å²) >= 11 is 0. The number of nitrogens with one attached hydrogen (secondary N) is 12. The first-order valence-electron chi connectivity index (χ1n) is 35.5. The SMILES string of the molecule is C[C@H](NC(=O)[C@H](C)NC(=O)[C@H](CCC(=O)O)NC(=O)[C@H](CCC(=O)O)NC(=O)[C@@H](N)CCC(=O)O)C(=O)NCC(=O)N[C@@H](CCCN=C(N)N)C(=O)N[C@@H](CCCCN)C(=O)N[C@@H](CCCN=C(N)N)C(=O)N[C@@H](CCCCN)C(=O)N[C@@H](CCCCN)C(=O)N[C@@H](CCCN=C(N)N)C(=O)N[C@H](C(=O)O)[C@@H](C)O. The maximum Gasteiger partial charge on any atom is 0.328 e. The monoisotopic (exact) mass is 1560 g/mol. The Morgan fingerprint density at radius 2 is 0.587 bits per heavy atom. The molecule has 46 nitrogen and oxygen atoms in total. The van der Waals surface area contributed by atoms with E-state index in [0.717, 1.165) is 13.8 Å². The molecule has 0 saturated carbocycles. The van der Waals surface area contributed by atoms with Gasteiger partial charge in [-0.2, -0.15) is 0 Å². The van der Waals surface area contributed by atoms with E-state index in [1.807, 2.05) is 0 Å². The minimum absolute atomic E-state index is 0.0158. The molecular weight excluding hydrogens is 1440 g/mol. The van der Waals surface area contributed by atoms with Crippen molar-refractivity contribution in [2.24, 2.45) is 72.3 Å². The first-order valence-corrected chi connectivity index (χ1v) is 35.5. The quantitative estimate of drug-likeness (QED) is 0.0153. The number of carboxylic acids is 4. The molecule has 37 N–H and O–H groups in total. The van der Waals surface area contributed by atoms with Gasteiger partial charge in [0.2, 0.25) is 70.9 Å². The Kier molecular flexibility index (Phi) is 49.2. The Morgan fingerprint density at radius 3 is 0.890 bits per heavy atom. The molecule has 0 saturated heterocycles. The Hall–Kier alpha value is -10.9. The minimum atomic E-state index is -1.79. The molecule has 0 aliphatic heterocycles. The highest BCUT2D eigenvalue weighted by atomic mass is 16.4. The summed E-state index contributed by atoms with van der Waals surface area (Å²) in [7, 11) is 0. The maximum absolute atomic E-state index is 14.6. The molecule has 0 aliphatic rings. The highest BCUT2D eigenvalue weighted by Crippen LogP contribution is 2.13. The summed E-state index contributed by atoms with van der Waals surface area (Å²) in [6.07, 6.45) is -3.97. The van der Waals surface area contributed by atoms with Crippen molar-refractivity contribution >= 4 is 113 Å². The second-order valence-electron chi connectivity index (χ2n) is 25.4. The fraction of sp³-hybridized carbons (Fsp3) is 0.698. The molecule has 12 amide bonds. The largest absolute Gasteiger partial charge is 0.481 e. The summed E-state index contributed by atoms with van der Waals surface area (Å²) in [4.78, 5) is 223. The van der Waals surface area contributed by atoms with Crippen LogP contribution in [0.5, 0.6) is 0 Å². The van der Waals surface area contributed by atoms with Gasteiger partial charge in [-0.05, 0) is 156 Å². The minimum Gasteiger partial charge on any atom is -0.481 e. The van der Waals surface area contributed by atoms with Gasteiger partial charge in [-0.15, -0.1) is 0 Å². The van der Waals surface area contributed by atoms with E-state index in [1.54, 1.807) is 0 Å². The first-order chi connectivity index (χ1) is 51.3. The Morgan fingerprint density at radius 1 is 0.321 bits per heavy atom. The number of amides is 12. The van der Waals surface area contributed by atoms with E-state index in [2.05, 4.69) is 78.8 Å². The van der Waals surface area contributed by atoms with Crippen LogP contribution in [0.15, 0.2) is 15.0 Å². The smallest absolute Gasteiger partial charge is 0.328 e. The van der Waals surface area contributed by atoms with Gasteiger partial charge in [-0.3, -0.25) is 86.9 Å². The third kappa shape index (κ3) is 44.1. The van der Waals surface area contributed by atoms with Gasteiger partial charge in [0.05, 0.1) is 18.7 Å². The van der Waals surface area contributed by atoms with E-state index in [0.29, 0.717) is 19.3 Å². The van der Waals surface area contributed by atoms with E-state index in [9.17, 15) is 97.1 Å². The lowest BCUT2D eigenvalue weighted by Crippen LogP contribution is -2.60. The molecule has 0 unspecified atom stereocenters. The molecular formula is C63H115N25O21. The molecule has 0 bridgehead atoms. The zero-order valence-electron chi connectivity index (χ0n) is 61.7. The fourth-order valence-corrected chi connectivity index (χ4v) is 9.99. The molecule has 0 fully saturated rings.